The van der Waals surface area contributed by atoms with Crippen molar-refractivity contribution in [1.29, 1.82) is 5.26 Å². The molecule has 0 atom stereocenters. The van der Waals surface area contributed by atoms with Gasteiger partial charge in [0.1, 0.15) is 12.4 Å². The lowest BCUT2D eigenvalue weighted by molar-refractivity contribution is 0.301. The minimum absolute atomic E-state index is 0.566. The molecule has 0 heterocycles. The number of nitriles is 1. The van der Waals surface area contributed by atoms with Crippen LogP contribution in [0.3, 0.4) is 0 Å². The Kier molecular flexibility index (Phi) is 7.97. The summed E-state index contributed by atoms with van der Waals surface area (Å²) in [4.78, 5) is 0. The molecule has 0 spiro atoms. The van der Waals surface area contributed by atoms with Crippen LogP contribution in [-0.2, 0) is 6.61 Å². The van der Waals surface area contributed by atoms with Crippen LogP contribution in [0, 0.1) is 17.2 Å². The Morgan fingerprint density at radius 3 is 2.25 bits per heavy atom. The highest BCUT2D eigenvalue weighted by Gasteiger charge is 2.21. The summed E-state index contributed by atoms with van der Waals surface area (Å²) in [5.41, 5.74) is 3.34. The van der Waals surface area contributed by atoms with Crippen LogP contribution >= 0.6 is 0 Å². The summed E-state index contributed by atoms with van der Waals surface area (Å²) in [6.45, 7) is 2.85. The number of hydrogen-bond acceptors (Lipinski definition) is 2. The van der Waals surface area contributed by atoms with Crippen molar-refractivity contribution in [1.82, 2.24) is 0 Å². The van der Waals surface area contributed by atoms with Crippen molar-refractivity contribution >= 4 is 0 Å². The van der Waals surface area contributed by atoms with Gasteiger partial charge in [-0.05, 0) is 72.9 Å². The Balaban J connectivity index is 1.42. The van der Waals surface area contributed by atoms with Gasteiger partial charge in [-0.1, -0.05) is 63.3 Å². The third-order valence-corrected chi connectivity index (χ3v) is 6.15. The summed E-state index contributed by atoms with van der Waals surface area (Å²) < 4.78 is 5.84. The molecule has 0 unspecified atom stereocenters. The third kappa shape index (κ3) is 6.13. The van der Waals surface area contributed by atoms with Gasteiger partial charge in [0, 0.05) is 0 Å². The molecule has 1 aliphatic carbocycles. The number of hydrogen-bond donors (Lipinski definition) is 0. The van der Waals surface area contributed by atoms with Crippen molar-refractivity contribution in [2.45, 2.75) is 77.2 Å². The fourth-order valence-corrected chi connectivity index (χ4v) is 4.32. The largest absolute Gasteiger partial charge is 0.489 e. The second-order valence-electron chi connectivity index (χ2n) is 8.23. The molecule has 2 aromatic carbocycles. The monoisotopic (exact) mass is 375 g/mol. The predicted octanol–water partition coefficient (Wildman–Crippen LogP) is 7.38. The molecule has 3 rings (SSSR count). The summed E-state index contributed by atoms with van der Waals surface area (Å²) >= 11 is 0. The van der Waals surface area contributed by atoms with Gasteiger partial charge in [-0.25, -0.2) is 0 Å². The molecule has 28 heavy (non-hydrogen) atoms. The zero-order chi connectivity index (χ0) is 19.6. The van der Waals surface area contributed by atoms with Gasteiger partial charge in [0.25, 0.3) is 0 Å². The van der Waals surface area contributed by atoms with E-state index in [4.69, 9.17) is 10.00 Å². The van der Waals surface area contributed by atoms with Gasteiger partial charge in [-0.2, -0.15) is 5.26 Å². The highest BCUT2D eigenvalue weighted by atomic mass is 16.5. The van der Waals surface area contributed by atoms with Crippen LogP contribution in [0.4, 0.5) is 0 Å². The second-order valence-corrected chi connectivity index (χ2v) is 8.23. The van der Waals surface area contributed by atoms with Gasteiger partial charge in [0.2, 0.25) is 0 Å². The van der Waals surface area contributed by atoms with Crippen molar-refractivity contribution in [3.8, 4) is 11.8 Å². The molecule has 2 nitrogen and oxygen atoms in total. The van der Waals surface area contributed by atoms with Crippen LogP contribution in [0.1, 0.15) is 87.3 Å². The fourth-order valence-electron chi connectivity index (χ4n) is 4.32. The number of ether oxygens (including phenoxy) is 1. The molecule has 0 aromatic heterocycles. The molecule has 0 radical (unpaired) electrons. The number of rotatable bonds is 9. The molecule has 0 bridgehead atoms. The molecule has 2 aromatic rings. The van der Waals surface area contributed by atoms with E-state index in [0.29, 0.717) is 12.2 Å². The van der Waals surface area contributed by atoms with E-state index in [1.54, 1.807) is 12.1 Å². The van der Waals surface area contributed by atoms with Gasteiger partial charge in [-0.15, -0.1) is 0 Å². The minimum atomic E-state index is 0.566. The molecule has 0 saturated heterocycles. The SMILES string of the molecule is CCCCCCC1CCC(c2ccc(COc3ccc(C#N)cc3)cc2)CC1. The maximum absolute atomic E-state index is 8.85. The second kappa shape index (κ2) is 10.9. The molecule has 1 aliphatic rings. The first kappa shape index (κ1) is 20.5. The quantitative estimate of drug-likeness (QED) is 0.428. The standard InChI is InChI=1S/C26H33NO/c1-2-3-4-5-6-21-7-13-24(14-8-21)25-15-9-23(10-16-25)20-28-26-17-11-22(19-27)12-18-26/h9-12,15-18,21,24H,2-8,13-14,20H2,1H3. The first-order chi connectivity index (χ1) is 13.8. The van der Waals surface area contributed by atoms with Crippen LogP contribution in [-0.4, -0.2) is 0 Å². The molecular formula is C26H33NO. The Morgan fingerprint density at radius 1 is 0.893 bits per heavy atom. The highest BCUT2D eigenvalue weighted by molar-refractivity contribution is 5.34. The molecule has 0 N–H and O–H groups in total. The maximum Gasteiger partial charge on any atom is 0.119 e. The van der Waals surface area contributed by atoms with Crippen LogP contribution < -0.4 is 4.74 Å². The van der Waals surface area contributed by atoms with Gasteiger partial charge >= 0.3 is 0 Å². The normalized spacial score (nSPS) is 19.1. The van der Waals surface area contributed by atoms with Crippen LogP contribution in [0.25, 0.3) is 0 Å². The summed E-state index contributed by atoms with van der Waals surface area (Å²) in [6.07, 6.45) is 12.5. The molecule has 2 heteroatoms. The number of nitrogens with zero attached hydrogens (tertiary/aromatic N) is 1. The van der Waals surface area contributed by atoms with Crippen LogP contribution in [0.5, 0.6) is 5.75 Å². The van der Waals surface area contributed by atoms with Gasteiger partial charge < -0.3 is 4.74 Å². The highest BCUT2D eigenvalue weighted by Crippen LogP contribution is 2.37. The minimum Gasteiger partial charge on any atom is -0.489 e. The first-order valence-electron chi connectivity index (χ1n) is 11.0. The van der Waals surface area contributed by atoms with Crippen LogP contribution in [0.2, 0.25) is 0 Å². The van der Waals surface area contributed by atoms with Crippen molar-refractivity contribution in [3.63, 3.8) is 0 Å². The molecule has 1 fully saturated rings. The van der Waals surface area contributed by atoms with E-state index < -0.39 is 0 Å². The van der Waals surface area contributed by atoms with Gasteiger partial charge in [-0.3, -0.25) is 0 Å². The lowest BCUT2D eigenvalue weighted by atomic mass is 9.77. The summed E-state index contributed by atoms with van der Waals surface area (Å²) in [5.74, 6) is 2.51. The Labute approximate surface area is 170 Å². The van der Waals surface area contributed by atoms with Crippen molar-refractivity contribution in [3.05, 3.63) is 65.2 Å². The topological polar surface area (TPSA) is 33.0 Å². The number of benzene rings is 2. The van der Waals surface area contributed by atoms with E-state index in [1.165, 1.54) is 68.9 Å². The smallest absolute Gasteiger partial charge is 0.119 e. The number of unbranched alkanes of at least 4 members (excludes halogenated alkanes) is 3. The molecule has 0 amide bonds. The summed E-state index contributed by atoms with van der Waals surface area (Å²) in [5, 5.41) is 8.85. The Hall–Kier alpha value is -2.27. The predicted molar refractivity (Wildman–Crippen MR) is 115 cm³/mol. The lowest BCUT2D eigenvalue weighted by Gasteiger charge is -2.29. The molecule has 1 saturated carbocycles. The maximum atomic E-state index is 8.85. The van der Waals surface area contributed by atoms with E-state index in [0.717, 1.165) is 17.6 Å². The van der Waals surface area contributed by atoms with E-state index in [2.05, 4.69) is 37.3 Å². The third-order valence-electron chi connectivity index (χ3n) is 6.15. The fraction of sp³-hybridized carbons (Fsp3) is 0.500. The van der Waals surface area contributed by atoms with E-state index in [-0.39, 0.29) is 0 Å². The van der Waals surface area contributed by atoms with Crippen LogP contribution in [0.15, 0.2) is 48.5 Å². The molecule has 148 valence electrons. The van der Waals surface area contributed by atoms with E-state index in [1.807, 2.05) is 12.1 Å². The van der Waals surface area contributed by atoms with Crippen molar-refractivity contribution < 1.29 is 4.74 Å². The van der Waals surface area contributed by atoms with Gasteiger partial charge in [0.15, 0.2) is 0 Å². The summed E-state index contributed by atoms with van der Waals surface area (Å²) in [7, 11) is 0. The van der Waals surface area contributed by atoms with E-state index in [9.17, 15) is 0 Å². The Bertz CT molecular complexity index is 733. The lowest BCUT2D eigenvalue weighted by Crippen LogP contribution is -2.13. The van der Waals surface area contributed by atoms with Crippen molar-refractivity contribution in [2.24, 2.45) is 5.92 Å². The average molecular weight is 376 g/mol. The van der Waals surface area contributed by atoms with Crippen molar-refractivity contribution in [2.75, 3.05) is 0 Å². The zero-order valence-electron chi connectivity index (χ0n) is 17.2. The van der Waals surface area contributed by atoms with E-state index >= 15 is 0 Å². The first-order valence-corrected chi connectivity index (χ1v) is 11.0. The average Bonchev–Trinajstić information content (AvgIpc) is 2.76. The summed E-state index contributed by atoms with van der Waals surface area (Å²) in [6, 6.07) is 18.4. The molecular weight excluding hydrogens is 342 g/mol. The Morgan fingerprint density at radius 2 is 1.61 bits per heavy atom. The molecule has 0 aliphatic heterocycles. The zero-order valence-corrected chi connectivity index (χ0v) is 17.2. The van der Waals surface area contributed by atoms with Gasteiger partial charge in [0.05, 0.1) is 11.6 Å².